The molecule has 0 unspecified atom stereocenters. The second-order valence-corrected chi connectivity index (χ2v) is 7.52. The second-order valence-electron chi connectivity index (χ2n) is 7.52. The van der Waals surface area contributed by atoms with Gasteiger partial charge in [0.05, 0.1) is 16.8 Å². The number of aryl methyl sites for hydroxylation is 1. The minimum atomic E-state index is 0.621. The molecule has 0 aliphatic carbocycles. The maximum Gasteiger partial charge on any atom is 0.181 e. The van der Waals surface area contributed by atoms with Crippen LogP contribution in [-0.4, -0.2) is 55.7 Å². The molecular weight excluding hydrogens is 492 g/mol. The maximum atomic E-state index is 8.00. The Morgan fingerprint density at radius 1 is 1.00 bits per heavy atom. The van der Waals surface area contributed by atoms with Crippen LogP contribution in [-0.2, 0) is 9.59 Å². The number of imidazole rings is 1. The molecule has 0 saturated carbocycles. The van der Waals surface area contributed by atoms with Gasteiger partial charge in [-0.05, 0) is 25.1 Å². The van der Waals surface area contributed by atoms with E-state index in [4.69, 9.17) is 14.6 Å². The molecular formula is C29H32N8O2. The van der Waals surface area contributed by atoms with Crippen molar-refractivity contribution in [3.63, 3.8) is 0 Å². The largest absolute Gasteiger partial charge is 0.387 e. The van der Waals surface area contributed by atoms with E-state index in [1.165, 1.54) is 0 Å². The fourth-order valence-electron chi connectivity index (χ4n) is 3.77. The van der Waals surface area contributed by atoms with Crippen LogP contribution in [0.25, 0.3) is 39.3 Å². The van der Waals surface area contributed by atoms with Gasteiger partial charge in [-0.25, -0.2) is 9.97 Å². The molecule has 10 heteroatoms. The number of hydrogen-bond donors (Lipinski definition) is 3. The summed E-state index contributed by atoms with van der Waals surface area (Å²) >= 11 is 0. The Balaban J connectivity index is 0.000000833. The Hall–Kier alpha value is -5.25. The number of aromatic nitrogens is 7. The fraction of sp³-hybridized carbons (Fsp3) is 0.138. The molecule has 0 bridgehead atoms. The highest BCUT2D eigenvalue weighted by Crippen LogP contribution is 2.31. The smallest absolute Gasteiger partial charge is 0.181 e. The number of nitrogens with one attached hydrogen (secondary N) is 3. The number of carbonyl (C=O) groups excluding carboxylic acids is 2. The van der Waals surface area contributed by atoms with Gasteiger partial charge in [-0.3, -0.25) is 15.1 Å². The summed E-state index contributed by atoms with van der Waals surface area (Å²) in [6, 6.07) is 8.00. The van der Waals surface area contributed by atoms with E-state index in [0.29, 0.717) is 11.5 Å². The van der Waals surface area contributed by atoms with Gasteiger partial charge in [0.1, 0.15) is 19.3 Å². The summed E-state index contributed by atoms with van der Waals surface area (Å²) in [6.07, 6.45) is 12.7. The van der Waals surface area contributed by atoms with Gasteiger partial charge in [-0.1, -0.05) is 38.6 Å². The van der Waals surface area contributed by atoms with Crippen LogP contribution in [0.5, 0.6) is 0 Å². The lowest BCUT2D eigenvalue weighted by Crippen LogP contribution is -1.92. The predicted molar refractivity (Wildman–Crippen MR) is 156 cm³/mol. The molecule has 0 aliphatic rings. The lowest BCUT2D eigenvalue weighted by atomic mass is 10.0. The molecule has 0 fully saturated rings. The van der Waals surface area contributed by atoms with E-state index >= 15 is 0 Å². The van der Waals surface area contributed by atoms with Crippen molar-refractivity contribution in [3.8, 4) is 22.6 Å². The molecule has 5 aromatic heterocycles. The first-order valence-electron chi connectivity index (χ1n) is 12.0. The van der Waals surface area contributed by atoms with Crippen molar-refractivity contribution in [2.45, 2.75) is 20.8 Å². The topological polar surface area (TPSA) is 142 Å². The molecule has 0 amide bonds. The second kappa shape index (κ2) is 15.1. The Kier molecular flexibility index (Phi) is 11.6. The number of rotatable bonds is 6. The van der Waals surface area contributed by atoms with Gasteiger partial charge in [0.2, 0.25) is 0 Å². The van der Waals surface area contributed by atoms with Crippen molar-refractivity contribution in [1.82, 2.24) is 35.1 Å². The van der Waals surface area contributed by atoms with Crippen LogP contribution in [0, 0.1) is 6.92 Å². The molecule has 10 nitrogen and oxygen atoms in total. The molecule has 0 aromatic carbocycles. The van der Waals surface area contributed by atoms with Crippen LogP contribution < -0.4 is 5.32 Å². The van der Waals surface area contributed by atoms with E-state index in [1.54, 1.807) is 24.7 Å². The number of carbonyl (C=O) groups is 2. The minimum Gasteiger partial charge on any atom is -0.387 e. The van der Waals surface area contributed by atoms with Crippen LogP contribution >= 0.6 is 0 Å². The molecule has 5 heterocycles. The van der Waals surface area contributed by atoms with Gasteiger partial charge in [-0.2, -0.15) is 5.10 Å². The number of hydrogen-bond acceptors (Lipinski definition) is 8. The predicted octanol–water partition coefficient (Wildman–Crippen LogP) is 5.43. The zero-order valence-electron chi connectivity index (χ0n) is 22.5. The van der Waals surface area contributed by atoms with E-state index in [2.05, 4.69) is 48.1 Å². The van der Waals surface area contributed by atoms with Gasteiger partial charge in [0.25, 0.3) is 0 Å². The average Bonchev–Trinajstić information content (AvgIpc) is 3.62. The number of nitrogens with zero attached hydrogens (tertiary/aromatic N) is 5. The molecule has 0 atom stereocenters. The summed E-state index contributed by atoms with van der Waals surface area (Å²) in [6.45, 7) is 13.9. The number of H-pyrrole nitrogens is 2. The Morgan fingerprint density at radius 3 is 2.41 bits per heavy atom. The first-order chi connectivity index (χ1) is 19.2. The van der Waals surface area contributed by atoms with Gasteiger partial charge in [0.15, 0.2) is 11.5 Å². The van der Waals surface area contributed by atoms with Crippen molar-refractivity contribution in [2.75, 3.05) is 12.4 Å². The molecule has 0 spiro atoms. The highest BCUT2D eigenvalue weighted by molar-refractivity contribution is 5.92. The first kappa shape index (κ1) is 30.0. The maximum absolute atomic E-state index is 8.00. The monoisotopic (exact) mass is 524 g/mol. The van der Waals surface area contributed by atoms with Crippen molar-refractivity contribution in [1.29, 1.82) is 0 Å². The zero-order valence-corrected chi connectivity index (χ0v) is 22.5. The molecule has 200 valence electrons. The lowest BCUT2D eigenvalue weighted by Gasteiger charge is -2.05. The zero-order chi connectivity index (χ0) is 28.8. The van der Waals surface area contributed by atoms with Crippen molar-refractivity contribution >= 4 is 35.9 Å². The van der Waals surface area contributed by atoms with Crippen LogP contribution in [0.4, 0.5) is 5.69 Å². The highest BCUT2D eigenvalue weighted by Gasteiger charge is 2.18. The molecule has 0 radical (unpaired) electrons. The van der Waals surface area contributed by atoms with E-state index in [-0.39, 0.29) is 0 Å². The summed E-state index contributed by atoms with van der Waals surface area (Å²) in [5, 5.41) is 11.5. The quantitative estimate of drug-likeness (QED) is 0.250. The first-order valence-corrected chi connectivity index (χ1v) is 12.0. The number of anilines is 1. The SMILES string of the molecule is C=C/C=C(/c1cccnc1)c1nc(-c2[nH]nc3ncc(-c4cncc(NC)c4)cc23)[nH]c1C.C=O.C=O.CC. The van der Waals surface area contributed by atoms with Crippen LogP contribution in [0.15, 0.2) is 74.0 Å². The van der Waals surface area contributed by atoms with E-state index in [0.717, 1.165) is 50.4 Å². The molecule has 39 heavy (non-hydrogen) atoms. The minimum absolute atomic E-state index is 0.621. The summed E-state index contributed by atoms with van der Waals surface area (Å²) in [5.41, 5.74) is 7.91. The molecule has 0 saturated heterocycles. The number of allylic oxidation sites excluding steroid dienone is 2. The summed E-state index contributed by atoms with van der Waals surface area (Å²) in [5.74, 6) is 0.685. The molecule has 5 aromatic rings. The third kappa shape index (κ3) is 6.75. The van der Waals surface area contributed by atoms with E-state index in [9.17, 15) is 0 Å². The standard InChI is InChI=1S/C25H22N8.C2H6.2CH2O/c1-4-6-20(16-7-5-8-27-11-16)22-15(2)30-25(31-22)23-21-10-18(13-29-24(21)33-32-23)17-9-19(26-3)14-28-12-17;3*1-2/h4-14,26H,1H2,2-3H3,(H,30,31)(H,29,32,33);1-2H3;2*1H2/b20-6-;;;. The number of aromatic amines is 2. The summed E-state index contributed by atoms with van der Waals surface area (Å²) in [7, 11) is 1.87. The van der Waals surface area contributed by atoms with Gasteiger partial charge in [-0.15, -0.1) is 0 Å². The normalized spacial score (nSPS) is 10.2. The van der Waals surface area contributed by atoms with Gasteiger partial charge in [0, 0.05) is 66.0 Å². The summed E-state index contributed by atoms with van der Waals surface area (Å²) in [4.78, 5) is 37.4. The van der Waals surface area contributed by atoms with Crippen LogP contribution in [0.3, 0.4) is 0 Å². The number of fused-ring (bicyclic) bond motifs is 1. The number of pyridine rings is 3. The third-order valence-electron chi connectivity index (χ3n) is 5.40. The lowest BCUT2D eigenvalue weighted by molar-refractivity contribution is -0.0987. The van der Waals surface area contributed by atoms with E-state index in [1.807, 2.05) is 78.1 Å². The van der Waals surface area contributed by atoms with Crippen LogP contribution in [0.2, 0.25) is 0 Å². The third-order valence-corrected chi connectivity index (χ3v) is 5.40. The Bertz CT molecular complexity index is 1520. The van der Waals surface area contributed by atoms with Crippen molar-refractivity contribution in [3.05, 3.63) is 90.9 Å². The molecule has 0 aliphatic heterocycles. The Morgan fingerprint density at radius 2 is 1.74 bits per heavy atom. The Labute approximate surface area is 227 Å². The van der Waals surface area contributed by atoms with E-state index < -0.39 is 0 Å². The molecule has 3 N–H and O–H groups in total. The summed E-state index contributed by atoms with van der Waals surface area (Å²) < 4.78 is 0. The fourth-order valence-corrected chi connectivity index (χ4v) is 3.77. The highest BCUT2D eigenvalue weighted by atomic mass is 16.1. The molecule has 5 rings (SSSR count). The van der Waals surface area contributed by atoms with Crippen molar-refractivity contribution < 1.29 is 9.59 Å². The van der Waals surface area contributed by atoms with Crippen LogP contribution in [0.1, 0.15) is 30.8 Å². The average molecular weight is 525 g/mol. The van der Waals surface area contributed by atoms with Gasteiger partial charge < -0.3 is 19.9 Å². The van der Waals surface area contributed by atoms with Crippen molar-refractivity contribution in [2.24, 2.45) is 0 Å². The van der Waals surface area contributed by atoms with Gasteiger partial charge >= 0.3 is 0 Å².